The van der Waals surface area contributed by atoms with Crippen LogP contribution in [0, 0.1) is 0 Å². The van der Waals surface area contributed by atoms with Crippen LogP contribution in [-0.4, -0.2) is 35.3 Å². The quantitative estimate of drug-likeness (QED) is 0.607. The van der Waals surface area contributed by atoms with E-state index in [9.17, 15) is 13.6 Å². The molecule has 1 amide bonds. The van der Waals surface area contributed by atoms with Crippen molar-refractivity contribution in [3.05, 3.63) is 46.7 Å². The second-order valence-electron chi connectivity index (χ2n) is 6.41. The summed E-state index contributed by atoms with van der Waals surface area (Å²) >= 11 is 3.38. The van der Waals surface area contributed by atoms with E-state index in [0.717, 1.165) is 22.8 Å². The van der Waals surface area contributed by atoms with Crippen molar-refractivity contribution in [2.45, 2.75) is 25.5 Å². The lowest BCUT2D eigenvalue weighted by atomic mass is 10.0. The predicted molar refractivity (Wildman–Crippen MR) is 102 cm³/mol. The number of ether oxygens (including phenoxy) is 2. The van der Waals surface area contributed by atoms with Gasteiger partial charge in [0, 0.05) is 22.3 Å². The number of pyridine rings is 1. The van der Waals surface area contributed by atoms with Gasteiger partial charge in [-0.3, -0.25) is 4.79 Å². The Morgan fingerprint density at radius 3 is 2.75 bits per heavy atom. The van der Waals surface area contributed by atoms with Crippen LogP contribution in [0.25, 0.3) is 16.6 Å². The Balaban J connectivity index is 1.84. The van der Waals surface area contributed by atoms with Crippen LogP contribution in [0.1, 0.15) is 23.2 Å². The lowest BCUT2D eigenvalue weighted by Crippen LogP contribution is -2.26. The Labute approximate surface area is 167 Å². The van der Waals surface area contributed by atoms with E-state index < -0.39 is 12.5 Å². The lowest BCUT2D eigenvalue weighted by Gasteiger charge is -2.16. The highest BCUT2D eigenvalue weighted by molar-refractivity contribution is 9.10. The van der Waals surface area contributed by atoms with Gasteiger partial charge >= 0.3 is 6.61 Å². The number of nitrogens with zero attached hydrogens (tertiary/aromatic N) is 2. The van der Waals surface area contributed by atoms with Gasteiger partial charge in [0.25, 0.3) is 5.91 Å². The van der Waals surface area contributed by atoms with Gasteiger partial charge < -0.3 is 14.8 Å². The molecule has 1 aliphatic carbocycles. The zero-order chi connectivity index (χ0) is 19.8. The predicted octanol–water partition coefficient (Wildman–Crippen LogP) is 4.27. The summed E-state index contributed by atoms with van der Waals surface area (Å²) in [5.41, 5.74) is 1.97. The highest BCUT2D eigenvalue weighted by Gasteiger charge is 2.29. The maximum atomic E-state index is 13.0. The molecule has 0 bridgehead atoms. The lowest BCUT2D eigenvalue weighted by molar-refractivity contribution is -0.0502. The molecular formula is C19H16BrF2N3O3. The number of aromatic nitrogens is 2. The molecule has 0 atom stereocenters. The van der Waals surface area contributed by atoms with E-state index in [1.54, 1.807) is 23.0 Å². The molecule has 6 nitrogen and oxygen atoms in total. The van der Waals surface area contributed by atoms with E-state index in [2.05, 4.69) is 31.1 Å². The van der Waals surface area contributed by atoms with E-state index in [1.165, 1.54) is 13.2 Å². The third-order valence-corrected chi connectivity index (χ3v) is 4.90. The molecule has 3 aromatic rings. The molecule has 0 spiro atoms. The second kappa shape index (κ2) is 7.38. The third-order valence-electron chi connectivity index (χ3n) is 4.43. The van der Waals surface area contributed by atoms with Crippen LogP contribution in [0.15, 0.2) is 41.1 Å². The summed E-state index contributed by atoms with van der Waals surface area (Å²) in [6.45, 7) is -3.08. The highest BCUT2D eigenvalue weighted by Crippen LogP contribution is 2.38. The first-order valence-electron chi connectivity index (χ1n) is 8.57. The van der Waals surface area contributed by atoms with E-state index >= 15 is 0 Å². The molecule has 1 saturated carbocycles. The molecular weight excluding hydrogens is 436 g/mol. The van der Waals surface area contributed by atoms with Crippen LogP contribution in [0.3, 0.4) is 0 Å². The number of carbonyl (C=O) groups is 1. The minimum atomic E-state index is -3.08. The molecule has 0 aliphatic heterocycles. The summed E-state index contributed by atoms with van der Waals surface area (Å²) in [4.78, 5) is 12.6. The summed E-state index contributed by atoms with van der Waals surface area (Å²) in [5.74, 6) is -0.577. The maximum Gasteiger partial charge on any atom is 0.387 e. The molecule has 1 fully saturated rings. The standard InChI is InChI=1S/C19H16BrF2N3O3/c1-27-15-6-10(13-8-23-25-9-11(20)2-5-14(13)25)7-16(28-19(21)22)17(15)18(26)24-12-3-4-12/h2,5-9,12,19H,3-4H2,1H3,(H,24,26). The first kappa shape index (κ1) is 18.7. The van der Waals surface area contributed by atoms with Crippen LogP contribution < -0.4 is 14.8 Å². The Morgan fingerprint density at radius 2 is 2.07 bits per heavy atom. The molecule has 2 heterocycles. The number of methoxy groups -OCH3 is 1. The average Bonchev–Trinajstić information content (AvgIpc) is 3.36. The number of alkyl halides is 2. The first-order valence-corrected chi connectivity index (χ1v) is 9.36. The molecule has 1 aliphatic rings. The van der Waals surface area contributed by atoms with Gasteiger partial charge in [-0.25, -0.2) is 4.52 Å². The zero-order valence-corrected chi connectivity index (χ0v) is 16.4. The van der Waals surface area contributed by atoms with Crippen molar-refractivity contribution in [2.75, 3.05) is 7.11 Å². The normalized spacial score (nSPS) is 13.8. The minimum Gasteiger partial charge on any atom is -0.496 e. The topological polar surface area (TPSA) is 64.9 Å². The minimum absolute atomic E-state index is 0.0438. The van der Waals surface area contributed by atoms with Crippen molar-refractivity contribution < 1.29 is 23.0 Å². The number of rotatable bonds is 6. The SMILES string of the molecule is COc1cc(-c2cnn3cc(Br)ccc23)cc(OC(F)F)c1C(=O)NC1CC1. The van der Waals surface area contributed by atoms with Crippen molar-refractivity contribution >= 4 is 27.4 Å². The van der Waals surface area contributed by atoms with Gasteiger partial charge in [-0.15, -0.1) is 0 Å². The van der Waals surface area contributed by atoms with Crippen molar-refractivity contribution in [1.82, 2.24) is 14.9 Å². The van der Waals surface area contributed by atoms with Crippen LogP contribution in [-0.2, 0) is 0 Å². The number of hydrogen-bond donors (Lipinski definition) is 1. The zero-order valence-electron chi connectivity index (χ0n) is 14.8. The monoisotopic (exact) mass is 451 g/mol. The Kier molecular flexibility index (Phi) is 4.92. The van der Waals surface area contributed by atoms with E-state index in [0.29, 0.717) is 11.1 Å². The summed E-state index contributed by atoms with van der Waals surface area (Å²) in [6.07, 6.45) is 5.14. The Hall–Kier alpha value is -2.68. The summed E-state index contributed by atoms with van der Waals surface area (Å²) in [5, 5.41) is 7.07. The van der Waals surface area contributed by atoms with Gasteiger partial charge in [0.15, 0.2) is 0 Å². The van der Waals surface area contributed by atoms with Gasteiger partial charge in [0.2, 0.25) is 0 Å². The van der Waals surface area contributed by atoms with Gasteiger partial charge in [0.1, 0.15) is 17.1 Å². The molecule has 1 aromatic carbocycles. The molecule has 146 valence electrons. The largest absolute Gasteiger partial charge is 0.496 e. The third kappa shape index (κ3) is 3.66. The summed E-state index contributed by atoms with van der Waals surface area (Å²) in [7, 11) is 1.38. The van der Waals surface area contributed by atoms with Crippen LogP contribution >= 0.6 is 15.9 Å². The Morgan fingerprint density at radius 1 is 1.32 bits per heavy atom. The van der Waals surface area contributed by atoms with Crippen LogP contribution in [0.5, 0.6) is 11.5 Å². The van der Waals surface area contributed by atoms with Crippen molar-refractivity contribution in [1.29, 1.82) is 0 Å². The van der Waals surface area contributed by atoms with Gasteiger partial charge in [-0.2, -0.15) is 13.9 Å². The number of amides is 1. The fourth-order valence-electron chi connectivity index (χ4n) is 2.99. The summed E-state index contributed by atoms with van der Waals surface area (Å²) in [6, 6.07) is 6.80. The number of halogens is 3. The molecule has 0 radical (unpaired) electrons. The highest BCUT2D eigenvalue weighted by atomic mass is 79.9. The number of fused-ring (bicyclic) bond motifs is 1. The molecule has 2 aromatic heterocycles. The Bertz CT molecular complexity index is 1050. The fraction of sp³-hybridized carbons (Fsp3) is 0.263. The first-order chi connectivity index (χ1) is 13.5. The average molecular weight is 452 g/mol. The fourth-order valence-corrected chi connectivity index (χ4v) is 3.31. The van der Waals surface area contributed by atoms with Crippen LogP contribution in [0.4, 0.5) is 8.78 Å². The molecule has 1 N–H and O–H groups in total. The van der Waals surface area contributed by atoms with Gasteiger partial charge in [-0.1, -0.05) is 0 Å². The molecule has 4 rings (SSSR count). The van der Waals surface area contributed by atoms with Crippen molar-refractivity contribution in [3.63, 3.8) is 0 Å². The molecule has 0 unspecified atom stereocenters. The second-order valence-corrected chi connectivity index (χ2v) is 7.33. The molecule has 0 saturated heterocycles. The van der Waals surface area contributed by atoms with E-state index in [4.69, 9.17) is 4.74 Å². The number of nitrogens with one attached hydrogen (secondary N) is 1. The number of carbonyl (C=O) groups excluding carboxylic acids is 1. The number of benzene rings is 1. The summed E-state index contributed by atoms with van der Waals surface area (Å²) < 4.78 is 38.6. The smallest absolute Gasteiger partial charge is 0.387 e. The van der Waals surface area contributed by atoms with E-state index in [1.807, 2.05) is 12.1 Å². The van der Waals surface area contributed by atoms with E-state index in [-0.39, 0.29) is 23.1 Å². The molecule has 28 heavy (non-hydrogen) atoms. The van der Waals surface area contributed by atoms with Crippen molar-refractivity contribution in [3.8, 4) is 22.6 Å². The number of hydrogen-bond acceptors (Lipinski definition) is 4. The van der Waals surface area contributed by atoms with Gasteiger partial charge in [-0.05, 0) is 58.6 Å². The maximum absolute atomic E-state index is 13.0. The van der Waals surface area contributed by atoms with Crippen LogP contribution in [0.2, 0.25) is 0 Å². The molecule has 9 heteroatoms. The van der Waals surface area contributed by atoms with Gasteiger partial charge in [0.05, 0.1) is 18.8 Å². The van der Waals surface area contributed by atoms with Crippen molar-refractivity contribution in [2.24, 2.45) is 0 Å².